The summed E-state index contributed by atoms with van der Waals surface area (Å²) in [6, 6.07) is 3.96. The van der Waals surface area contributed by atoms with Gasteiger partial charge in [0.05, 0.1) is 29.7 Å². The molecular formula is C22H23N7O. The van der Waals surface area contributed by atoms with Gasteiger partial charge in [-0.3, -0.25) is 14.8 Å². The van der Waals surface area contributed by atoms with Crippen molar-refractivity contribution >= 4 is 11.7 Å². The Hall–Kier alpha value is -3.42. The van der Waals surface area contributed by atoms with Crippen molar-refractivity contribution in [3.8, 4) is 11.4 Å². The van der Waals surface area contributed by atoms with Crippen LogP contribution in [-0.4, -0.2) is 54.4 Å². The van der Waals surface area contributed by atoms with E-state index in [1.807, 2.05) is 24.8 Å². The maximum Gasteiger partial charge on any atom is 0.273 e. The number of aryl methyl sites for hydroxylation is 2. The van der Waals surface area contributed by atoms with Gasteiger partial charge in [0.25, 0.3) is 5.91 Å². The predicted molar refractivity (Wildman–Crippen MR) is 112 cm³/mol. The highest BCUT2D eigenvalue weighted by atomic mass is 16.2. The van der Waals surface area contributed by atoms with Crippen molar-refractivity contribution in [2.45, 2.75) is 38.8 Å². The van der Waals surface area contributed by atoms with E-state index in [1.165, 1.54) is 0 Å². The number of carbonyl (C=O) groups is 1. The van der Waals surface area contributed by atoms with Crippen LogP contribution in [0.3, 0.4) is 0 Å². The van der Waals surface area contributed by atoms with E-state index in [9.17, 15) is 4.79 Å². The third-order valence-electron chi connectivity index (χ3n) is 5.89. The first-order valence-electron chi connectivity index (χ1n) is 10.2. The lowest BCUT2D eigenvalue weighted by molar-refractivity contribution is 0.0687. The van der Waals surface area contributed by atoms with Crippen LogP contribution in [0.2, 0.25) is 0 Å². The van der Waals surface area contributed by atoms with E-state index in [0.717, 1.165) is 36.5 Å². The number of piperidine rings is 1. The monoisotopic (exact) mass is 401 g/mol. The van der Waals surface area contributed by atoms with Crippen LogP contribution >= 0.6 is 0 Å². The molecule has 3 atom stereocenters. The molecule has 1 N–H and O–H groups in total. The molecule has 2 aliphatic rings. The summed E-state index contributed by atoms with van der Waals surface area (Å²) in [6.45, 7) is 4.62. The topological polar surface area (TPSA) is 96.8 Å². The van der Waals surface area contributed by atoms with E-state index in [0.29, 0.717) is 23.0 Å². The maximum atomic E-state index is 13.5. The second kappa shape index (κ2) is 7.44. The van der Waals surface area contributed by atoms with Gasteiger partial charge >= 0.3 is 0 Å². The van der Waals surface area contributed by atoms with Gasteiger partial charge in [0, 0.05) is 31.2 Å². The molecule has 30 heavy (non-hydrogen) atoms. The molecule has 1 amide bonds. The number of aromatic nitrogens is 5. The average molecular weight is 401 g/mol. The molecule has 2 bridgehead atoms. The average Bonchev–Trinajstić information content (AvgIpc) is 3.36. The van der Waals surface area contributed by atoms with Gasteiger partial charge in [-0.1, -0.05) is 0 Å². The van der Waals surface area contributed by atoms with Crippen molar-refractivity contribution in [1.29, 1.82) is 0 Å². The zero-order valence-corrected chi connectivity index (χ0v) is 17.0. The normalized spacial score (nSPS) is 22.3. The Morgan fingerprint density at radius 1 is 1.03 bits per heavy atom. The summed E-state index contributed by atoms with van der Waals surface area (Å²) in [7, 11) is 0. The van der Waals surface area contributed by atoms with Crippen LogP contribution in [0.4, 0.5) is 5.82 Å². The first-order valence-corrected chi connectivity index (χ1v) is 10.2. The van der Waals surface area contributed by atoms with Crippen molar-refractivity contribution in [3.05, 3.63) is 60.1 Å². The highest BCUT2D eigenvalue weighted by molar-refractivity contribution is 5.98. The van der Waals surface area contributed by atoms with Crippen molar-refractivity contribution in [1.82, 2.24) is 29.8 Å². The Balaban J connectivity index is 1.41. The number of amides is 1. The molecule has 8 nitrogen and oxygen atoms in total. The third kappa shape index (κ3) is 3.38. The molecule has 1 saturated carbocycles. The number of hydrogen-bond acceptors (Lipinski definition) is 7. The fraction of sp³-hybridized carbons (Fsp3) is 0.364. The summed E-state index contributed by atoms with van der Waals surface area (Å²) in [5.41, 5.74) is 2.94. The zero-order valence-electron chi connectivity index (χ0n) is 17.0. The zero-order chi connectivity index (χ0) is 20.7. The second-order valence-electron chi connectivity index (χ2n) is 8.14. The number of likely N-dealkylation sites (tertiary alicyclic amines) is 1. The van der Waals surface area contributed by atoms with Crippen molar-refractivity contribution < 1.29 is 4.79 Å². The highest BCUT2D eigenvalue weighted by Gasteiger charge is 2.47. The molecule has 8 heteroatoms. The smallest absolute Gasteiger partial charge is 0.273 e. The minimum atomic E-state index is -0.0635. The molecule has 1 aliphatic heterocycles. The van der Waals surface area contributed by atoms with Gasteiger partial charge in [-0.05, 0) is 50.3 Å². The minimum Gasteiger partial charge on any atom is -0.364 e. The number of fused-ring (bicyclic) bond motifs is 2. The Bertz CT molecular complexity index is 1070. The van der Waals surface area contributed by atoms with E-state index in [-0.39, 0.29) is 18.0 Å². The van der Waals surface area contributed by atoms with Gasteiger partial charge in [-0.2, -0.15) is 0 Å². The lowest BCUT2D eigenvalue weighted by Crippen LogP contribution is -2.48. The van der Waals surface area contributed by atoms with E-state index in [1.54, 1.807) is 37.1 Å². The molecular weight excluding hydrogens is 378 g/mol. The number of nitrogens with one attached hydrogen (secondary N) is 1. The molecule has 152 valence electrons. The van der Waals surface area contributed by atoms with Crippen molar-refractivity contribution in [2.24, 2.45) is 5.92 Å². The summed E-state index contributed by atoms with van der Waals surface area (Å²) >= 11 is 0. The van der Waals surface area contributed by atoms with Gasteiger partial charge < -0.3 is 10.2 Å². The van der Waals surface area contributed by atoms with Crippen LogP contribution in [0.5, 0.6) is 0 Å². The van der Waals surface area contributed by atoms with E-state index in [2.05, 4.69) is 30.2 Å². The summed E-state index contributed by atoms with van der Waals surface area (Å²) in [6.07, 6.45) is 10.6. The standard InChI is InChI=1S/C22H23N7O/c1-13-6-16(21-23-4-3-5-24-21)20(27-9-13)22(30)29-12-15-7-17(18(29)8-15)28-19-11-25-14(2)10-26-19/h3-6,9-11,15,17-18H,7-8,12H2,1-2H3,(H,26,28). The molecule has 5 rings (SSSR count). The first-order chi connectivity index (χ1) is 14.6. The quantitative estimate of drug-likeness (QED) is 0.718. The molecule has 2 fully saturated rings. The van der Waals surface area contributed by atoms with Crippen LogP contribution < -0.4 is 5.32 Å². The first kappa shape index (κ1) is 18.6. The van der Waals surface area contributed by atoms with Crippen LogP contribution in [0.15, 0.2) is 43.1 Å². The highest BCUT2D eigenvalue weighted by Crippen LogP contribution is 2.40. The van der Waals surface area contributed by atoms with Gasteiger partial charge in [-0.15, -0.1) is 0 Å². The van der Waals surface area contributed by atoms with Crippen LogP contribution in [0.25, 0.3) is 11.4 Å². The number of pyridine rings is 1. The summed E-state index contributed by atoms with van der Waals surface area (Å²) in [5, 5.41) is 3.48. The van der Waals surface area contributed by atoms with Crippen LogP contribution in [-0.2, 0) is 0 Å². The Labute approximate surface area is 174 Å². The lowest BCUT2D eigenvalue weighted by Gasteiger charge is -2.34. The second-order valence-corrected chi connectivity index (χ2v) is 8.14. The molecule has 1 aliphatic carbocycles. The minimum absolute atomic E-state index is 0.0635. The number of anilines is 1. The van der Waals surface area contributed by atoms with Crippen LogP contribution in [0, 0.1) is 19.8 Å². The fourth-order valence-electron chi connectivity index (χ4n) is 4.56. The van der Waals surface area contributed by atoms with Crippen molar-refractivity contribution in [2.75, 3.05) is 11.9 Å². The molecule has 3 aromatic heterocycles. The van der Waals surface area contributed by atoms with E-state index in [4.69, 9.17) is 0 Å². The SMILES string of the molecule is Cc1cnc(C(=O)N2CC3CC(Nc4cnc(C)cn4)C2C3)c(-c2ncccn2)c1. The van der Waals surface area contributed by atoms with Crippen LogP contribution in [0.1, 0.15) is 34.6 Å². The van der Waals surface area contributed by atoms with Crippen molar-refractivity contribution in [3.63, 3.8) is 0 Å². The van der Waals surface area contributed by atoms with E-state index < -0.39 is 0 Å². The third-order valence-corrected chi connectivity index (χ3v) is 5.89. The number of nitrogens with zero attached hydrogens (tertiary/aromatic N) is 6. The summed E-state index contributed by atoms with van der Waals surface area (Å²) in [4.78, 5) is 37.4. The molecule has 3 unspecified atom stereocenters. The largest absolute Gasteiger partial charge is 0.364 e. The van der Waals surface area contributed by atoms with Gasteiger partial charge in [0.15, 0.2) is 5.82 Å². The Morgan fingerprint density at radius 2 is 1.87 bits per heavy atom. The molecule has 0 spiro atoms. The molecule has 3 aromatic rings. The molecule has 1 saturated heterocycles. The number of carbonyl (C=O) groups excluding carboxylic acids is 1. The van der Waals surface area contributed by atoms with Gasteiger partial charge in [0.2, 0.25) is 0 Å². The fourth-order valence-corrected chi connectivity index (χ4v) is 4.56. The Kier molecular flexibility index (Phi) is 4.61. The molecule has 0 radical (unpaired) electrons. The van der Waals surface area contributed by atoms with Gasteiger partial charge in [0.1, 0.15) is 11.5 Å². The van der Waals surface area contributed by atoms with E-state index >= 15 is 0 Å². The molecule has 4 heterocycles. The number of rotatable bonds is 4. The molecule has 0 aromatic carbocycles. The maximum absolute atomic E-state index is 13.5. The summed E-state index contributed by atoms with van der Waals surface area (Å²) < 4.78 is 0. The Morgan fingerprint density at radius 3 is 2.60 bits per heavy atom. The van der Waals surface area contributed by atoms with Gasteiger partial charge in [-0.25, -0.2) is 15.0 Å². The number of hydrogen-bond donors (Lipinski definition) is 1. The summed E-state index contributed by atoms with van der Waals surface area (Å²) in [5.74, 6) is 1.69. The predicted octanol–water partition coefficient (Wildman–Crippen LogP) is 2.66. The lowest BCUT2D eigenvalue weighted by atomic mass is 10.0.